The molecule has 0 amide bonds. The largest absolute Gasteiger partial charge is 0.379 e. The van der Waals surface area contributed by atoms with Crippen molar-refractivity contribution in [2.45, 2.75) is 31.8 Å². The van der Waals surface area contributed by atoms with Crippen LogP contribution in [0.1, 0.15) is 25.8 Å². The highest BCUT2D eigenvalue weighted by molar-refractivity contribution is 5.29. The smallest absolute Gasteiger partial charge is 0.203 e. The fourth-order valence-electron chi connectivity index (χ4n) is 2.51. The topological polar surface area (TPSA) is 42.3 Å². The average molecular weight is 250 g/mol. The molecule has 3 rings (SSSR count). The van der Waals surface area contributed by atoms with E-state index < -0.39 is 0 Å². The van der Waals surface area contributed by atoms with Crippen LogP contribution in [0, 0.1) is 0 Å². The van der Waals surface area contributed by atoms with Crippen molar-refractivity contribution in [3.8, 4) is 0 Å². The van der Waals surface area contributed by atoms with Gasteiger partial charge < -0.3 is 14.6 Å². The molecule has 0 radical (unpaired) electrons. The monoisotopic (exact) mass is 250 g/mol. The van der Waals surface area contributed by atoms with Crippen molar-refractivity contribution in [3.63, 3.8) is 0 Å². The van der Waals surface area contributed by atoms with Crippen LogP contribution < -0.4 is 5.32 Å². The number of nitrogens with one attached hydrogen (secondary N) is 1. The molecule has 2 aliphatic rings. The lowest BCUT2D eigenvalue weighted by atomic mass is 10.3. The summed E-state index contributed by atoms with van der Waals surface area (Å²) in [5, 5.41) is 3.53. The normalized spacial score (nSPS) is 22.9. The Hall–Kier alpha value is -1.07. The molecule has 1 saturated heterocycles. The number of aromatic nitrogens is 2. The number of anilines is 1. The van der Waals surface area contributed by atoms with E-state index in [1.807, 2.05) is 6.20 Å². The number of morpholine rings is 1. The van der Waals surface area contributed by atoms with Gasteiger partial charge in [0.2, 0.25) is 5.95 Å². The van der Waals surface area contributed by atoms with Crippen molar-refractivity contribution in [1.82, 2.24) is 14.5 Å². The number of rotatable bonds is 5. The minimum atomic E-state index is 0.419. The molecule has 0 spiro atoms. The molecular formula is C13H22N4O. The summed E-state index contributed by atoms with van der Waals surface area (Å²) in [5.41, 5.74) is 0. The van der Waals surface area contributed by atoms with E-state index >= 15 is 0 Å². The highest BCUT2D eigenvalue weighted by atomic mass is 16.5. The molecule has 100 valence electrons. The summed E-state index contributed by atoms with van der Waals surface area (Å²) in [6.45, 7) is 7.10. The van der Waals surface area contributed by atoms with Gasteiger partial charge in [0.25, 0.3) is 0 Å². The molecule has 1 N–H and O–H groups in total. The first kappa shape index (κ1) is 12.0. The van der Waals surface area contributed by atoms with Gasteiger partial charge in [-0.3, -0.25) is 4.90 Å². The zero-order valence-electron chi connectivity index (χ0n) is 11.0. The quantitative estimate of drug-likeness (QED) is 0.856. The number of nitrogens with zero attached hydrogens (tertiary/aromatic N) is 3. The molecule has 1 aromatic rings. The van der Waals surface area contributed by atoms with Gasteiger partial charge in [-0.1, -0.05) is 0 Å². The predicted octanol–water partition coefficient (Wildman–Crippen LogP) is 1.35. The van der Waals surface area contributed by atoms with E-state index in [1.165, 1.54) is 12.8 Å². The van der Waals surface area contributed by atoms with E-state index in [0.717, 1.165) is 38.8 Å². The fourth-order valence-corrected chi connectivity index (χ4v) is 2.51. The summed E-state index contributed by atoms with van der Waals surface area (Å²) in [4.78, 5) is 6.87. The highest BCUT2D eigenvalue weighted by Crippen LogP contribution is 2.36. The molecular weight excluding hydrogens is 228 g/mol. The van der Waals surface area contributed by atoms with E-state index in [4.69, 9.17) is 4.74 Å². The van der Waals surface area contributed by atoms with Gasteiger partial charge in [0.1, 0.15) is 0 Å². The van der Waals surface area contributed by atoms with E-state index in [1.54, 1.807) is 0 Å². The van der Waals surface area contributed by atoms with Gasteiger partial charge in [-0.05, 0) is 19.8 Å². The molecule has 1 atom stereocenters. The summed E-state index contributed by atoms with van der Waals surface area (Å²) in [7, 11) is 0. The maximum Gasteiger partial charge on any atom is 0.203 e. The molecule has 1 saturated carbocycles. The van der Waals surface area contributed by atoms with Gasteiger partial charge in [0.05, 0.1) is 13.2 Å². The summed E-state index contributed by atoms with van der Waals surface area (Å²) in [5.74, 6) is 1.03. The van der Waals surface area contributed by atoms with Crippen molar-refractivity contribution < 1.29 is 4.74 Å². The Bertz CT molecular complexity index is 382. The first-order chi connectivity index (χ1) is 8.83. The molecule has 18 heavy (non-hydrogen) atoms. The lowest BCUT2D eigenvalue weighted by Crippen LogP contribution is -2.42. The Morgan fingerprint density at radius 2 is 2.22 bits per heavy atom. The van der Waals surface area contributed by atoms with Crippen molar-refractivity contribution in [2.24, 2.45) is 0 Å². The molecule has 2 fully saturated rings. The molecule has 1 aliphatic carbocycles. The Labute approximate surface area is 108 Å². The summed E-state index contributed by atoms with van der Waals surface area (Å²) < 4.78 is 7.64. The molecule has 2 heterocycles. The average Bonchev–Trinajstić information content (AvgIpc) is 3.12. The first-order valence-electron chi connectivity index (χ1n) is 6.92. The second-order valence-corrected chi connectivity index (χ2v) is 5.35. The Balaban J connectivity index is 1.53. The zero-order valence-corrected chi connectivity index (χ0v) is 11.0. The van der Waals surface area contributed by atoms with Gasteiger partial charge in [-0.25, -0.2) is 4.98 Å². The zero-order chi connectivity index (χ0) is 12.4. The summed E-state index contributed by atoms with van der Waals surface area (Å²) in [6.07, 6.45) is 6.56. The maximum atomic E-state index is 5.37. The van der Waals surface area contributed by atoms with Gasteiger partial charge >= 0.3 is 0 Å². The van der Waals surface area contributed by atoms with Crippen molar-refractivity contribution in [3.05, 3.63) is 12.4 Å². The molecule has 5 nitrogen and oxygen atoms in total. The van der Waals surface area contributed by atoms with Crippen molar-refractivity contribution in [1.29, 1.82) is 0 Å². The SMILES string of the molecule is CC(CN1CCOCC1)Nc1nccn1C1CC1. The van der Waals surface area contributed by atoms with E-state index in [0.29, 0.717) is 12.1 Å². The van der Waals surface area contributed by atoms with Gasteiger partial charge in [-0.2, -0.15) is 0 Å². The minimum absolute atomic E-state index is 0.419. The third-order valence-electron chi connectivity index (χ3n) is 3.62. The Morgan fingerprint density at radius 1 is 1.44 bits per heavy atom. The number of hydrogen-bond acceptors (Lipinski definition) is 4. The Morgan fingerprint density at radius 3 is 2.94 bits per heavy atom. The van der Waals surface area contributed by atoms with Crippen LogP contribution in [0.15, 0.2) is 12.4 Å². The van der Waals surface area contributed by atoms with Crippen LogP contribution in [0.3, 0.4) is 0 Å². The third-order valence-corrected chi connectivity index (χ3v) is 3.62. The lowest BCUT2D eigenvalue weighted by Gasteiger charge is -2.29. The van der Waals surface area contributed by atoms with Crippen LogP contribution in [0.4, 0.5) is 5.95 Å². The maximum absolute atomic E-state index is 5.37. The second kappa shape index (κ2) is 5.28. The summed E-state index contributed by atoms with van der Waals surface area (Å²) >= 11 is 0. The highest BCUT2D eigenvalue weighted by Gasteiger charge is 2.26. The van der Waals surface area contributed by atoms with Crippen LogP contribution in [-0.4, -0.2) is 53.3 Å². The number of ether oxygens (including phenoxy) is 1. The van der Waals surface area contributed by atoms with Crippen molar-refractivity contribution in [2.75, 3.05) is 38.2 Å². The lowest BCUT2D eigenvalue weighted by molar-refractivity contribution is 0.0367. The van der Waals surface area contributed by atoms with Crippen LogP contribution in [0.2, 0.25) is 0 Å². The van der Waals surface area contributed by atoms with Crippen molar-refractivity contribution >= 4 is 5.95 Å². The van der Waals surface area contributed by atoms with Crippen LogP contribution in [0.25, 0.3) is 0 Å². The van der Waals surface area contributed by atoms with Crippen LogP contribution >= 0.6 is 0 Å². The fraction of sp³-hybridized carbons (Fsp3) is 0.769. The van der Waals surface area contributed by atoms with E-state index in [-0.39, 0.29) is 0 Å². The molecule has 1 aromatic heterocycles. The predicted molar refractivity (Wildman–Crippen MR) is 70.8 cm³/mol. The summed E-state index contributed by atoms with van der Waals surface area (Å²) in [6, 6.07) is 1.11. The number of hydrogen-bond donors (Lipinski definition) is 1. The van der Waals surface area contributed by atoms with Crippen LogP contribution in [0.5, 0.6) is 0 Å². The van der Waals surface area contributed by atoms with Crippen LogP contribution in [-0.2, 0) is 4.74 Å². The molecule has 1 aliphatic heterocycles. The first-order valence-corrected chi connectivity index (χ1v) is 6.92. The van der Waals surface area contributed by atoms with Gasteiger partial charge in [-0.15, -0.1) is 0 Å². The number of imidazole rings is 1. The third kappa shape index (κ3) is 2.84. The molecule has 0 bridgehead atoms. The minimum Gasteiger partial charge on any atom is -0.379 e. The Kier molecular flexibility index (Phi) is 3.52. The van der Waals surface area contributed by atoms with E-state index in [2.05, 4.69) is 32.9 Å². The molecule has 0 aromatic carbocycles. The standard InChI is InChI=1S/C13H22N4O/c1-11(10-16-6-8-18-9-7-16)15-13-14-4-5-17(13)12-2-3-12/h4-5,11-12H,2-3,6-10H2,1H3,(H,14,15). The van der Waals surface area contributed by atoms with Gasteiger partial charge in [0, 0.05) is 44.1 Å². The second-order valence-electron chi connectivity index (χ2n) is 5.35. The molecule has 5 heteroatoms. The van der Waals surface area contributed by atoms with Gasteiger partial charge in [0.15, 0.2) is 0 Å². The van der Waals surface area contributed by atoms with E-state index in [9.17, 15) is 0 Å². The molecule has 1 unspecified atom stereocenters.